The third-order valence-corrected chi connectivity index (χ3v) is 4.62. The number of hydrogen-bond acceptors (Lipinski definition) is 4. The number of hydrogen-bond donors (Lipinski definition) is 2. The van der Waals surface area contributed by atoms with E-state index in [1.54, 1.807) is 22.8 Å². The summed E-state index contributed by atoms with van der Waals surface area (Å²) in [5.41, 5.74) is 1.32. The standard InChI is InChI=1S/C20H19FN4O3/c21-13-5-3-6-14(11-13)23-20(27)18-24-17(16-8-1-2-9-25(16)18)19(26)22-12-15-7-4-10-28-15/h3-7,10-11H,1-2,8-9,12H2,(H,22,26)(H,23,27). The summed E-state index contributed by atoms with van der Waals surface area (Å²) in [5, 5.41) is 5.42. The highest BCUT2D eigenvalue weighted by Gasteiger charge is 2.27. The Balaban J connectivity index is 1.57. The van der Waals surface area contributed by atoms with Crippen LogP contribution in [0, 0.1) is 5.82 Å². The summed E-state index contributed by atoms with van der Waals surface area (Å²) < 4.78 is 20.4. The molecule has 0 spiro atoms. The van der Waals surface area contributed by atoms with Crippen LogP contribution in [0.2, 0.25) is 0 Å². The monoisotopic (exact) mass is 382 g/mol. The molecular weight excluding hydrogens is 363 g/mol. The predicted octanol–water partition coefficient (Wildman–Crippen LogP) is 3.13. The maximum Gasteiger partial charge on any atom is 0.291 e. The topological polar surface area (TPSA) is 89.2 Å². The van der Waals surface area contributed by atoms with Crippen LogP contribution in [-0.2, 0) is 19.5 Å². The first-order valence-corrected chi connectivity index (χ1v) is 9.09. The molecule has 2 aromatic heterocycles. The third kappa shape index (κ3) is 3.66. The van der Waals surface area contributed by atoms with Crippen molar-refractivity contribution in [2.45, 2.75) is 32.4 Å². The highest BCUT2D eigenvalue weighted by atomic mass is 19.1. The van der Waals surface area contributed by atoms with E-state index in [0.717, 1.165) is 18.5 Å². The molecule has 1 aliphatic heterocycles. The van der Waals surface area contributed by atoms with Gasteiger partial charge in [0.15, 0.2) is 5.82 Å². The molecule has 1 aliphatic rings. The van der Waals surface area contributed by atoms with E-state index in [-0.39, 0.29) is 24.0 Å². The van der Waals surface area contributed by atoms with Crippen molar-refractivity contribution < 1.29 is 18.4 Å². The van der Waals surface area contributed by atoms with Crippen molar-refractivity contribution in [2.24, 2.45) is 0 Å². The fraction of sp³-hybridized carbons (Fsp3) is 0.250. The van der Waals surface area contributed by atoms with Gasteiger partial charge in [0.05, 0.1) is 18.5 Å². The van der Waals surface area contributed by atoms with Crippen molar-refractivity contribution in [2.75, 3.05) is 5.32 Å². The molecule has 0 atom stereocenters. The minimum atomic E-state index is -0.473. The van der Waals surface area contributed by atoms with Crippen LogP contribution in [0.3, 0.4) is 0 Å². The van der Waals surface area contributed by atoms with Gasteiger partial charge in [0.2, 0.25) is 0 Å². The number of halogens is 1. The van der Waals surface area contributed by atoms with Gasteiger partial charge < -0.3 is 19.6 Å². The van der Waals surface area contributed by atoms with Gasteiger partial charge in [-0.1, -0.05) is 6.07 Å². The SMILES string of the molecule is O=C(NCc1ccco1)c1nc(C(=O)Nc2cccc(F)c2)n2c1CCCC2. The van der Waals surface area contributed by atoms with Crippen molar-refractivity contribution >= 4 is 17.5 Å². The number of imidazole rings is 1. The van der Waals surface area contributed by atoms with E-state index in [4.69, 9.17) is 4.42 Å². The van der Waals surface area contributed by atoms with Crippen LogP contribution in [-0.4, -0.2) is 21.4 Å². The van der Waals surface area contributed by atoms with Gasteiger partial charge in [-0.15, -0.1) is 0 Å². The summed E-state index contributed by atoms with van der Waals surface area (Å²) >= 11 is 0. The number of aromatic nitrogens is 2. The molecule has 28 heavy (non-hydrogen) atoms. The average molecular weight is 382 g/mol. The molecule has 0 unspecified atom stereocenters. The number of fused-ring (bicyclic) bond motifs is 1. The largest absolute Gasteiger partial charge is 0.467 e. The molecule has 0 fully saturated rings. The lowest BCUT2D eigenvalue weighted by Crippen LogP contribution is -2.25. The first kappa shape index (κ1) is 18.0. The van der Waals surface area contributed by atoms with E-state index in [1.807, 2.05) is 0 Å². The number of amides is 2. The molecule has 0 aliphatic carbocycles. The molecule has 1 aromatic carbocycles. The minimum absolute atomic E-state index is 0.155. The Hall–Kier alpha value is -3.42. The molecule has 8 heteroatoms. The first-order valence-electron chi connectivity index (χ1n) is 9.09. The van der Waals surface area contributed by atoms with Crippen LogP contribution >= 0.6 is 0 Å². The Morgan fingerprint density at radius 3 is 2.86 bits per heavy atom. The molecule has 2 N–H and O–H groups in total. The maximum atomic E-state index is 13.4. The van der Waals surface area contributed by atoms with E-state index >= 15 is 0 Å². The van der Waals surface area contributed by atoms with Crippen LogP contribution in [0.15, 0.2) is 47.1 Å². The van der Waals surface area contributed by atoms with Gasteiger partial charge in [-0.05, 0) is 49.6 Å². The van der Waals surface area contributed by atoms with Crippen molar-refractivity contribution in [3.8, 4) is 0 Å². The molecule has 3 aromatic rings. The van der Waals surface area contributed by atoms with Gasteiger partial charge in [-0.3, -0.25) is 9.59 Å². The fourth-order valence-electron chi connectivity index (χ4n) is 3.32. The zero-order chi connectivity index (χ0) is 19.5. The van der Waals surface area contributed by atoms with Gasteiger partial charge >= 0.3 is 0 Å². The zero-order valence-electron chi connectivity index (χ0n) is 15.1. The van der Waals surface area contributed by atoms with Crippen molar-refractivity contribution in [3.63, 3.8) is 0 Å². The predicted molar refractivity (Wildman–Crippen MR) is 99.4 cm³/mol. The third-order valence-electron chi connectivity index (χ3n) is 4.62. The molecule has 0 saturated heterocycles. The lowest BCUT2D eigenvalue weighted by molar-refractivity contribution is 0.0942. The first-order chi connectivity index (χ1) is 13.6. The van der Waals surface area contributed by atoms with Gasteiger partial charge in [0.25, 0.3) is 11.8 Å². The Bertz CT molecular complexity index is 1010. The molecule has 0 bridgehead atoms. The lowest BCUT2D eigenvalue weighted by Gasteiger charge is -2.17. The van der Waals surface area contributed by atoms with Crippen LogP contribution in [0.25, 0.3) is 0 Å². The van der Waals surface area contributed by atoms with Crippen molar-refractivity contribution in [1.82, 2.24) is 14.9 Å². The number of carbonyl (C=O) groups is 2. The number of anilines is 1. The highest BCUT2D eigenvalue weighted by molar-refractivity contribution is 6.03. The van der Waals surface area contributed by atoms with E-state index in [1.165, 1.54) is 24.5 Å². The normalized spacial score (nSPS) is 13.0. The van der Waals surface area contributed by atoms with Crippen molar-refractivity contribution in [3.05, 3.63) is 71.5 Å². The Morgan fingerprint density at radius 2 is 2.07 bits per heavy atom. The lowest BCUT2D eigenvalue weighted by atomic mass is 10.1. The summed E-state index contributed by atoms with van der Waals surface area (Å²) in [6.07, 6.45) is 4.03. The molecule has 0 saturated carbocycles. The van der Waals surface area contributed by atoms with Gasteiger partial charge in [-0.25, -0.2) is 9.37 Å². The number of nitrogens with zero attached hydrogens (tertiary/aromatic N) is 2. The minimum Gasteiger partial charge on any atom is -0.467 e. The molecule has 2 amide bonds. The van der Waals surface area contributed by atoms with Crippen LogP contribution in [0.1, 0.15) is 45.4 Å². The Labute approximate surface area is 160 Å². The molecular formula is C20H19FN4O3. The molecule has 4 rings (SSSR count). The Kier molecular flexibility index (Phi) is 4.92. The molecule has 144 valence electrons. The average Bonchev–Trinajstić information content (AvgIpc) is 3.34. The molecule has 7 nitrogen and oxygen atoms in total. The van der Waals surface area contributed by atoms with E-state index in [2.05, 4.69) is 15.6 Å². The van der Waals surface area contributed by atoms with Crippen LogP contribution in [0.4, 0.5) is 10.1 Å². The number of nitrogens with one attached hydrogen (secondary N) is 2. The van der Waals surface area contributed by atoms with E-state index in [9.17, 15) is 14.0 Å². The summed E-state index contributed by atoms with van der Waals surface area (Å²) in [6.45, 7) is 0.850. The number of furan rings is 1. The van der Waals surface area contributed by atoms with Gasteiger partial charge in [-0.2, -0.15) is 0 Å². The molecule has 3 heterocycles. The second kappa shape index (κ2) is 7.67. The zero-order valence-corrected chi connectivity index (χ0v) is 15.1. The summed E-state index contributed by atoms with van der Waals surface area (Å²) in [6, 6.07) is 9.15. The smallest absolute Gasteiger partial charge is 0.291 e. The van der Waals surface area contributed by atoms with Gasteiger partial charge in [0.1, 0.15) is 17.3 Å². The maximum absolute atomic E-state index is 13.4. The highest BCUT2D eigenvalue weighted by Crippen LogP contribution is 2.22. The van der Waals surface area contributed by atoms with E-state index < -0.39 is 11.7 Å². The van der Waals surface area contributed by atoms with Crippen LogP contribution in [0.5, 0.6) is 0 Å². The van der Waals surface area contributed by atoms with Crippen molar-refractivity contribution in [1.29, 1.82) is 0 Å². The summed E-state index contributed by atoms with van der Waals surface area (Å²) in [5.74, 6) is -0.487. The molecule has 0 radical (unpaired) electrons. The number of rotatable bonds is 5. The number of carbonyl (C=O) groups excluding carboxylic acids is 2. The second-order valence-corrected chi connectivity index (χ2v) is 6.57. The number of benzene rings is 1. The Morgan fingerprint density at radius 1 is 1.18 bits per heavy atom. The summed E-state index contributed by atoms with van der Waals surface area (Å²) in [4.78, 5) is 29.7. The fourth-order valence-corrected chi connectivity index (χ4v) is 3.32. The van der Waals surface area contributed by atoms with Gasteiger partial charge in [0, 0.05) is 12.2 Å². The summed E-state index contributed by atoms with van der Waals surface area (Å²) in [7, 11) is 0. The second-order valence-electron chi connectivity index (χ2n) is 6.57. The quantitative estimate of drug-likeness (QED) is 0.710. The van der Waals surface area contributed by atoms with Crippen LogP contribution < -0.4 is 10.6 Å². The van der Waals surface area contributed by atoms with E-state index in [0.29, 0.717) is 24.4 Å².